The minimum absolute atomic E-state index is 0.148. The maximum Gasteiger partial charge on any atom is 0.251 e. The molecule has 2 amide bonds. The summed E-state index contributed by atoms with van der Waals surface area (Å²) >= 11 is 7.10. The topological polar surface area (TPSA) is 113 Å². The number of nitrogens with zero attached hydrogens (tertiary/aromatic N) is 4. The van der Waals surface area contributed by atoms with E-state index in [1.54, 1.807) is 48.5 Å². The Morgan fingerprint density at radius 1 is 1.13 bits per heavy atom. The molecule has 0 aliphatic carbocycles. The van der Waals surface area contributed by atoms with E-state index < -0.39 is 0 Å². The smallest absolute Gasteiger partial charge is 0.251 e. The second-order valence-corrected chi connectivity index (χ2v) is 7.74. The number of nitriles is 1. The van der Waals surface area contributed by atoms with Gasteiger partial charge in [-0.15, -0.1) is 10.2 Å². The van der Waals surface area contributed by atoms with Crippen molar-refractivity contribution < 1.29 is 9.59 Å². The van der Waals surface area contributed by atoms with E-state index in [2.05, 4.69) is 20.8 Å². The predicted octanol–water partition coefficient (Wildman–Crippen LogP) is 3.48. The zero-order chi connectivity index (χ0) is 22.2. The first-order valence-corrected chi connectivity index (χ1v) is 10.7. The fourth-order valence-electron chi connectivity index (χ4n) is 2.69. The molecule has 0 fully saturated rings. The van der Waals surface area contributed by atoms with Crippen molar-refractivity contribution in [2.24, 2.45) is 0 Å². The minimum atomic E-state index is -0.238. The maximum atomic E-state index is 12.3. The first kappa shape index (κ1) is 22.3. The van der Waals surface area contributed by atoms with E-state index in [9.17, 15) is 9.59 Å². The Morgan fingerprint density at radius 3 is 2.48 bits per heavy atom. The zero-order valence-corrected chi connectivity index (χ0v) is 18.2. The molecule has 0 saturated heterocycles. The summed E-state index contributed by atoms with van der Waals surface area (Å²) in [5.74, 6) is 0.311. The monoisotopic (exact) mass is 454 g/mol. The number of benzene rings is 2. The Morgan fingerprint density at radius 2 is 1.84 bits per heavy atom. The Hall–Kier alpha value is -3.35. The highest BCUT2D eigenvalue weighted by Gasteiger charge is 2.14. The Kier molecular flexibility index (Phi) is 7.65. The van der Waals surface area contributed by atoms with Gasteiger partial charge in [0.25, 0.3) is 5.91 Å². The number of anilines is 1. The van der Waals surface area contributed by atoms with Gasteiger partial charge in [-0.25, -0.2) is 0 Å². The highest BCUT2D eigenvalue weighted by Crippen LogP contribution is 2.18. The number of aromatic nitrogens is 3. The summed E-state index contributed by atoms with van der Waals surface area (Å²) in [7, 11) is 0. The lowest BCUT2D eigenvalue weighted by Gasteiger charge is -2.09. The molecule has 0 saturated carbocycles. The van der Waals surface area contributed by atoms with E-state index in [4.69, 9.17) is 16.9 Å². The lowest BCUT2D eigenvalue weighted by Crippen LogP contribution is -2.24. The summed E-state index contributed by atoms with van der Waals surface area (Å²) in [6.45, 7) is 2.74. The fraction of sp³-hybridized carbons (Fsp3) is 0.190. The first-order valence-electron chi connectivity index (χ1n) is 9.38. The van der Waals surface area contributed by atoms with Crippen LogP contribution in [0.25, 0.3) is 0 Å². The summed E-state index contributed by atoms with van der Waals surface area (Å²) in [4.78, 5) is 24.5. The third-order valence-corrected chi connectivity index (χ3v) is 5.47. The summed E-state index contributed by atoms with van der Waals surface area (Å²) in [5.41, 5.74) is 1.65. The molecule has 1 aromatic heterocycles. The van der Waals surface area contributed by atoms with Crippen LogP contribution in [0.1, 0.15) is 28.7 Å². The van der Waals surface area contributed by atoms with Crippen LogP contribution < -0.4 is 10.6 Å². The van der Waals surface area contributed by atoms with Crippen LogP contribution in [-0.2, 0) is 17.9 Å². The third-order valence-electron chi connectivity index (χ3n) is 4.25. The van der Waals surface area contributed by atoms with Crippen LogP contribution in [0, 0.1) is 11.3 Å². The van der Waals surface area contributed by atoms with E-state index >= 15 is 0 Å². The normalized spacial score (nSPS) is 10.4. The Labute approximate surface area is 188 Å². The van der Waals surface area contributed by atoms with E-state index in [0.717, 1.165) is 0 Å². The molecule has 0 bridgehead atoms. The van der Waals surface area contributed by atoms with Crippen LogP contribution in [0.4, 0.5) is 5.69 Å². The van der Waals surface area contributed by atoms with Crippen molar-refractivity contribution >= 4 is 40.9 Å². The van der Waals surface area contributed by atoms with Gasteiger partial charge in [0.05, 0.1) is 23.9 Å². The van der Waals surface area contributed by atoms with Gasteiger partial charge in [-0.2, -0.15) is 5.26 Å². The van der Waals surface area contributed by atoms with Gasteiger partial charge < -0.3 is 15.2 Å². The van der Waals surface area contributed by atoms with Gasteiger partial charge in [0, 0.05) is 22.8 Å². The van der Waals surface area contributed by atoms with E-state index in [1.165, 1.54) is 11.8 Å². The molecule has 0 aliphatic rings. The van der Waals surface area contributed by atoms with Gasteiger partial charge in [-0.05, 0) is 55.5 Å². The number of halogens is 1. The summed E-state index contributed by atoms with van der Waals surface area (Å²) in [6.07, 6.45) is 0. The standard InChI is InChI=1S/C21H19ClN6O2S/c1-2-28-18(12-24-20(30)15-5-7-16(22)8-6-15)26-27-21(28)31-13-19(29)25-17-9-3-14(11-23)4-10-17/h3-10H,2,12-13H2,1H3,(H,24,30)(H,25,29). The molecule has 0 spiro atoms. The molecule has 158 valence electrons. The molecule has 2 N–H and O–H groups in total. The van der Waals surface area contributed by atoms with Crippen LogP contribution >= 0.6 is 23.4 Å². The number of hydrogen-bond donors (Lipinski definition) is 2. The quantitative estimate of drug-likeness (QED) is 0.504. The summed E-state index contributed by atoms with van der Waals surface area (Å²) in [6, 6.07) is 15.3. The zero-order valence-electron chi connectivity index (χ0n) is 16.6. The maximum absolute atomic E-state index is 12.3. The van der Waals surface area contributed by atoms with Crippen LogP contribution in [0.15, 0.2) is 53.7 Å². The van der Waals surface area contributed by atoms with E-state index in [1.807, 2.05) is 17.6 Å². The number of thioether (sulfide) groups is 1. The Bertz CT molecular complexity index is 1110. The Balaban J connectivity index is 1.55. The number of rotatable bonds is 8. The first-order chi connectivity index (χ1) is 15.0. The molecule has 0 radical (unpaired) electrons. The van der Waals surface area contributed by atoms with Crippen molar-refractivity contribution in [3.8, 4) is 6.07 Å². The van der Waals surface area contributed by atoms with Gasteiger partial charge in [0.1, 0.15) is 0 Å². The van der Waals surface area contributed by atoms with Crippen molar-refractivity contribution in [3.63, 3.8) is 0 Å². The average molecular weight is 455 g/mol. The minimum Gasteiger partial charge on any atom is -0.345 e. The third kappa shape index (κ3) is 6.07. The second-order valence-electron chi connectivity index (χ2n) is 6.36. The van der Waals surface area contributed by atoms with E-state index in [-0.39, 0.29) is 24.1 Å². The molecule has 31 heavy (non-hydrogen) atoms. The molecule has 3 rings (SSSR count). The molecule has 2 aromatic carbocycles. The molecule has 8 nitrogen and oxygen atoms in total. The molecule has 1 heterocycles. The molecule has 0 unspecified atom stereocenters. The van der Waals surface area contributed by atoms with Crippen LogP contribution in [-0.4, -0.2) is 32.3 Å². The SMILES string of the molecule is CCn1c(CNC(=O)c2ccc(Cl)cc2)nnc1SCC(=O)Nc1ccc(C#N)cc1. The van der Waals surface area contributed by atoms with Gasteiger partial charge in [0.2, 0.25) is 5.91 Å². The number of carbonyl (C=O) groups excluding carboxylic acids is 2. The largest absolute Gasteiger partial charge is 0.345 e. The second kappa shape index (κ2) is 10.6. The molecule has 3 aromatic rings. The average Bonchev–Trinajstić information content (AvgIpc) is 3.18. The number of amides is 2. The lowest BCUT2D eigenvalue weighted by atomic mass is 10.2. The molecule has 10 heteroatoms. The molecule has 0 atom stereocenters. The van der Waals surface area contributed by atoms with Crippen molar-refractivity contribution in [1.29, 1.82) is 5.26 Å². The van der Waals surface area contributed by atoms with E-state index in [0.29, 0.717) is 39.4 Å². The van der Waals surface area contributed by atoms with Crippen LogP contribution in [0.5, 0.6) is 0 Å². The van der Waals surface area contributed by atoms with Crippen molar-refractivity contribution in [3.05, 3.63) is 70.5 Å². The fourth-order valence-corrected chi connectivity index (χ4v) is 3.64. The molecular weight excluding hydrogens is 436 g/mol. The highest BCUT2D eigenvalue weighted by atomic mass is 35.5. The summed E-state index contributed by atoms with van der Waals surface area (Å²) in [5, 5.41) is 23.9. The van der Waals surface area contributed by atoms with Gasteiger partial charge in [0.15, 0.2) is 11.0 Å². The predicted molar refractivity (Wildman–Crippen MR) is 119 cm³/mol. The molecule has 0 aliphatic heterocycles. The van der Waals surface area contributed by atoms with Crippen molar-refractivity contribution in [1.82, 2.24) is 20.1 Å². The summed E-state index contributed by atoms with van der Waals surface area (Å²) < 4.78 is 1.85. The van der Waals surface area contributed by atoms with Gasteiger partial charge in [-0.1, -0.05) is 23.4 Å². The van der Waals surface area contributed by atoms with Crippen LogP contribution in [0.2, 0.25) is 5.02 Å². The number of hydrogen-bond acceptors (Lipinski definition) is 6. The van der Waals surface area contributed by atoms with Crippen molar-refractivity contribution in [2.75, 3.05) is 11.1 Å². The van der Waals surface area contributed by atoms with Gasteiger partial charge >= 0.3 is 0 Å². The van der Waals surface area contributed by atoms with Crippen LogP contribution in [0.3, 0.4) is 0 Å². The highest BCUT2D eigenvalue weighted by molar-refractivity contribution is 7.99. The lowest BCUT2D eigenvalue weighted by molar-refractivity contribution is -0.113. The number of carbonyl (C=O) groups is 2. The number of nitrogens with one attached hydrogen (secondary N) is 2. The van der Waals surface area contributed by atoms with Gasteiger partial charge in [-0.3, -0.25) is 9.59 Å². The van der Waals surface area contributed by atoms with Crippen molar-refractivity contribution in [2.45, 2.75) is 25.2 Å². The molecular formula is C21H19ClN6O2S.